The summed E-state index contributed by atoms with van der Waals surface area (Å²) in [7, 11) is 2.29. The first kappa shape index (κ1) is 15.0. The minimum Gasteiger partial charge on any atom is -0.329 e. The van der Waals surface area contributed by atoms with Crippen LogP contribution in [0.5, 0.6) is 0 Å². The van der Waals surface area contributed by atoms with Gasteiger partial charge < -0.3 is 5.73 Å². The molecule has 0 radical (unpaired) electrons. The van der Waals surface area contributed by atoms with Gasteiger partial charge in [0.2, 0.25) is 0 Å². The average molecular weight is 240 g/mol. The smallest absolute Gasteiger partial charge is 0.0359 e. The molecule has 0 aromatic rings. The standard InChI is InChI=1S/C15H32N2/c1-5-6-11-17(4)15(12-16)10-8-7-9-14(15)13(2)3/h13-14H,5-12,16H2,1-4H3. The summed E-state index contributed by atoms with van der Waals surface area (Å²) in [6, 6.07) is 0. The molecule has 2 heteroatoms. The van der Waals surface area contributed by atoms with Gasteiger partial charge in [0.25, 0.3) is 0 Å². The number of rotatable bonds is 6. The molecular weight excluding hydrogens is 208 g/mol. The molecule has 1 aliphatic carbocycles. The van der Waals surface area contributed by atoms with E-state index in [0.717, 1.165) is 18.4 Å². The Hall–Kier alpha value is -0.0800. The Kier molecular flexibility index (Phi) is 5.94. The summed E-state index contributed by atoms with van der Waals surface area (Å²) < 4.78 is 0. The van der Waals surface area contributed by atoms with E-state index in [1.807, 2.05) is 0 Å². The average Bonchev–Trinajstić information content (AvgIpc) is 2.35. The van der Waals surface area contributed by atoms with Crippen molar-refractivity contribution in [3.63, 3.8) is 0 Å². The van der Waals surface area contributed by atoms with Gasteiger partial charge >= 0.3 is 0 Å². The molecule has 2 atom stereocenters. The maximum absolute atomic E-state index is 6.20. The summed E-state index contributed by atoms with van der Waals surface area (Å²) in [5.74, 6) is 1.53. The van der Waals surface area contributed by atoms with Gasteiger partial charge in [0.05, 0.1) is 0 Å². The van der Waals surface area contributed by atoms with Crippen molar-refractivity contribution >= 4 is 0 Å². The van der Waals surface area contributed by atoms with Crippen LogP contribution in [0.2, 0.25) is 0 Å². The van der Waals surface area contributed by atoms with E-state index in [2.05, 4.69) is 32.7 Å². The van der Waals surface area contributed by atoms with E-state index in [9.17, 15) is 0 Å². The van der Waals surface area contributed by atoms with Crippen molar-refractivity contribution in [1.82, 2.24) is 4.90 Å². The van der Waals surface area contributed by atoms with Crippen LogP contribution in [-0.2, 0) is 0 Å². The molecule has 17 heavy (non-hydrogen) atoms. The van der Waals surface area contributed by atoms with Gasteiger partial charge in [-0.1, -0.05) is 40.0 Å². The number of hydrogen-bond acceptors (Lipinski definition) is 2. The highest BCUT2D eigenvalue weighted by Gasteiger charge is 2.43. The largest absolute Gasteiger partial charge is 0.329 e. The minimum atomic E-state index is 0.279. The van der Waals surface area contributed by atoms with E-state index in [1.54, 1.807) is 0 Å². The second-order valence-electron chi connectivity index (χ2n) is 6.18. The molecule has 1 rings (SSSR count). The lowest BCUT2D eigenvalue weighted by molar-refractivity contribution is 0.00270. The quantitative estimate of drug-likeness (QED) is 0.772. The fraction of sp³-hybridized carbons (Fsp3) is 1.00. The van der Waals surface area contributed by atoms with E-state index < -0.39 is 0 Å². The van der Waals surface area contributed by atoms with Gasteiger partial charge in [-0.2, -0.15) is 0 Å². The van der Waals surface area contributed by atoms with Gasteiger partial charge in [-0.05, 0) is 44.7 Å². The van der Waals surface area contributed by atoms with E-state index in [0.29, 0.717) is 0 Å². The number of unbranched alkanes of at least 4 members (excludes halogenated alkanes) is 1. The highest BCUT2D eigenvalue weighted by Crippen LogP contribution is 2.41. The third-order valence-electron chi connectivity index (χ3n) is 4.83. The molecule has 2 unspecified atom stereocenters. The number of hydrogen-bond donors (Lipinski definition) is 1. The monoisotopic (exact) mass is 240 g/mol. The minimum absolute atomic E-state index is 0.279. The van der Waals surface area contributed by atoms with Gasteiger partial charge in [0, 0.05) is 12.1 Å². The molecule has 0 aliphatic heterocycles. The fourth-order valence-corrected chi connectivity index (χ4v) is 3.70. The first-order chi connectivity index (χ1) is 8.08. The summed E-state index contributed by atoms with van der Waals surface area (Å²) in [6.07, 6.45) is 7.99. The predicted molar refractivity (Wildman–Crippen MR) is 76.1 cm³/mol. The Morgan fingerprint density at radius 3 is 2.59 bits per heavy atom. The molecule has 2 N–H and O–H groups in total. The van der Waals surface area contributed by atoms with Crippen LogP contribution < -0.4 is 5.73 Å². The maximum Gasteiger partial charge on any atom is 0.0359 e. The van der Waals surface area contributed by atoms with Crippen LogP contribution in [0.15, 0.2) is 0 Å². The summed E-state index contributed by atoms with van der Waals surface area (Å²) in [6.45, 7) is 9.04. The number of likely N-dealkylation sites (N-methyl/N-ethyl adjacent to an activating group) is 1. The van der Waals surface area contributed by atoms with Crippen LogP contribution in [0.1, 0.15) is 59.3 Å². The van der Waals surface area contributed by atoms with Crippen LogP contribution in [-0.4, -0.2) is 30.6 Å². The third kappa shape index (κ3) is 3.23. The highest BCUT2D eigenvalue weighted by atomic mass is 15.2. The van der Waals surface area contributed by atoms with Crippen molar-refractivity contribution in [2.24, 2.45) is 17.6 Å². The van der Waals surface area contributed by atoms with Gasteiger partial charge in [0.1, 0.15) is 0 Å². The molecule has 0 heterocycles. The highest BCUT2D eigenvalue weighted by molar-refractivity contribution is 4.99. The molecule has 0 bridgehead atoms. The number of nitrogens with zero attached hydrogens (tertiary/aromatic N) is 1. The topological polar surface area (TPSA) is 29.3 Å². The molecular formula is C15H32N2. The van der Waals surface area contributed by atoms with E-state index >= 15 is 0 Å². The lowest BCUT2D eigenvalue weighted by atomic mass is 9.67. The Labute approximate surface area is 108 Å². The first-order valence-electron chi connectivity index (χ1n) is 7.49. The maximum atomic E-state index is 6.20. The number of nitrogens with two attached hydrogens (primary N) is 1. The Morgan fingerprint density at radius 2 is 2.06 bits per heavy atom. The SMILES string of the molecule is CCCCN(C)C1(CN)CCCCC1C(C)C. The zero-order valence-corrected chi connectivity index (χ0v) is 12.3. The Balaban J connectivity index is 2.80. The molecule has 1 fully saturated rings. The van der Waals surface area contributed by atoms with Gasteiger partial charge in [-0.25, -0.2) is 0 Å². The fourth-order valence-electron chi connectivity index (χ4n) is 3.70. The molecule has 1 saturated carbocycles. The molecule has 2 nitrogen and oxygen atoms in total. The van der Waals surface area contributed by atoms with Crippen LogP contribution in [0.3, 0.4) is 0 Å². The van der Waals surface area contributed by atoms with Crippen LogP contribution in [0.4, 0.5) is 0 Å². The van der Waals surface area contributed by atoms with Crippen molar-refractivity contribution in [2.45, 2.75) is 64.8 Å². The van der Waals surface area contributed by atoms with Crippen molar-refractivity contribution in [2.75, 3.05) is 20.1 Å². The third-order valence-corrected chi connectivity index (χ3v) is 4.83. The van der Waals surface area contributed by atoms with Gasteiger partial charge in [-0.15, -0.1) is 0 Å². The lowest BCUT2D eigenvalue weighted by Gasteiger charge is -2.51. The van der Waals surface area contributed by atoms with E-state index in [-0.39, 0.29) is 5.54 Å². The van der Waals surface area contributed by atoms with E-state index in [1.165, 1.54) is 45.1 Å². The first-order valence-corrected chi connectivity index (χ1v) is 7.49. The molecule has 0 amide bonds. The Bertz CT molecular complexity index is 215. The van der Waals surface area contributed by atoms with Crippen molar-refractivity contribution < 1.29 is 0 Å². The Morgan fingerprint density at radius 1 is 1.35 bits per heavy atom. The second-order valence-corrected chi connectivity index (χ2v) is 6.18. The second kappa shape index (κ2) is 6.75. The van der Waals surface area contributed by atoms with Crippen molar-refractivity contribution in [3.05, 3.63) is 0 Å². The zero-order valence-electron chi connectivity index (χ0n) is 12.3. The van der Waals surface area contributed by atoms with E-state index in [4.69, 9.17) is 5.73 Å². The van der Waals surface area contributed by atoms with Gasteiger partial charge in [-0.3, -0.25) is 4.90 Å². The normalized spacial score (nSPS) is 30.2. The molecule has 0 aromatic carbocycles. The molecule has 0 saturated heterocycles. The summed E-state index contributed by atoms with van der Waals surface area (Å²) in [5, 5.41) is 0. The zero-order chi connectivity index (χ0) is 12.9. The molecule has 0 aromatic heterocycles. The van der Waals surface area contributed by atoms with Crippen molar-refractivity contribution in [1.29, 1.82) is 0 Å². The van der Waals surface area contributed by atoms with Crippen LogP contribution >= 0.6 is 0 Å². The van der Waals surface area contributed by atoms with Crippen LogP contribution in [0, 0.1) is 11.8 Å². The predicted octanol–water partition coefficient (Wildman–Crippen LogP) is 3.26. The van der Waals surface area contributed by atoms with Gasteiger partial charge in [0.15, 0.2) is 0 Å². The lowest BCUT2D eigenvalue weighted by Crippen LogP contribution is -2.60. The van der Waals surface area contributed by atoms with Crippen LogP contribution in [0.25, 0.3) is 0 Å². The molecule has 0 spiro atoms. The molecule has 1 aliphatic rings. The summed E-state index contributed by atoms with van der Waals surface area (Å²) >= 11 is 0. The summed E-state index contributed by atoms with van der Waals surface area (Å²) in [5.41, 5.74) is 6.48. The molecule has 102 valence electrons. The van der Waals surface area contributed by atoms with Crippen molar-refractivity contribution in [3.8, 4) is 0 Å². The summed E-state index contributed by atoms with van der Waals surface area (Å²) in [4.78, 5) is 2.58.